The van der Waals surface area contributed by atoms with Gasteiger partial charge in [0.05, 0.1) is 18.0 Å². The zero-order valence-corrected chi connectivity index (χ0v) is 14.1. The Hall–Kier alpha value is -2.76. The van der Waals surface area contributed by atoms with Crippen molar-refractivity contribution in [1.29, 1.82) is 0 Å². The first-order chi connectivity index (χ1) is 12.0. The van der Waals surface area contributed by atoms with Gasteiger partial charge in [0, 0.05) is 24.3 Å². The van der Waals surface area contributed by atoms with Gasteiger partial charge in [0.2, 0.25) is 5.91 Å². The van der Waals surface area contributed by atoms with E-state index in [9.17, 15) is 14.7 Å². The SMILES string of the molecule is C[C@H]1CC[C@@H](C(=O)O)CN1C(=O)Cc1ccc(-c2ccncn2)cc1. The third-order valence-electron chi connectivity index (χ3n) is 4.74. The fourth-order valence-electron chi connectivity index (χ4n) is 3.19. The van der Waals surface area contributed by atoms with Crippen LogP contribution in [0, 0.1) is 5.92 Å². The molecule has 2 heterocycles. The quantitative estimate of drug-likeness (QED) is 0.925. The minimum Gasteiger partial charge on any atom is -0.481 e. The second-order valence-electron chi connectivity index (χ2n) is 6.48. The highest BCUT2D eigenvalue weighted by Gasteiger charge is 2.32. The summed E-state index contributed by atoms with van der Waals surface area (Å²) in [5, 5.41) is 9.20. The van der Waals surface area contributed by atoms with Crippen molar-refractivity contribution in [2.24, 2.45) is 5.92 Å². The van der Waals surface area contributed by atoms with Crippen LogP contribution in [0.3, 0.4) is 0 Å². The fraction of sp³-hybridized carbons (Fsp3) is 0.368. The Morgan fingerprint density at radius 1 is 1.20 bits per heavy atom. The number of carbonyl (C=O) groups is 2. The van der Waals surface area contributed by atoms with E-state index in [2.05, 4.69) is 9.97 Å². The summed E-state index contributed by atoms with van der Waals surface area (Å²) in [7, 11) is 0. The first-order valence-corrected chi connectivity index (χ1v) is 8.42. The second-order valence-corrected chi connectivity index (χ2v) is 6.48. The van der Waals surface area contributed by atoms with Crippen molar-refractivity contribution in [2.75, 3.05) is 6.54 Å². The van der Waals surface area contributed by atoms with Gasteiger partial charge >= 0.3 is 5.97 Å². The van der Waals surface area contributed by atoms with Crippen LogP contribution in [-0.4, -0.2) is 44.4 Å². The van der Waals surface area contributed by atoms with Gasteiger partial charge in [0.1, 0.15) is 6.33 Å². The molecule has 1 fully saturated rings. The standard InChI is InChI=1S/C19H21N3O3/c1-13-2-5-16(19(24)25)11-22(13)18(23)10-14-3-6-15(7-4-14)17-8-9-20-12-21-17/h3-4,6-9,12-13,16H,2,5,10-11H2,1H3,(H,24,25)/t13-,16+/m0/s1. The third-order valence-corrected chi connectivity index (χ3v) is 4.74. The van der Waals surface area contributed by atoms with Crippen LogP contribution in [0.2, 0.25) is 0 Å². The molecule has 0 spiro atoms. The topological polar surface area (TPSA) is 83.4 Å². The fourth-order valence-corrected chi connectivity index (χ4v) is 3.19. The lowest BCUT2D eigenvalue weighted by atomic mass is 9.93. The number of carboxylic acids is 1. The number of hydrogen-bond acceptors (Lipinski definition) is 4. The third kappa shape index (κ3) is 4.02. The highest BCUT2D eigenvalue weighted by molar-refractivity contribution is 5.80. The van der Waals surface area contributed by atoms with E-state index in [0.717, 1.165) is 23.2 Å². The summed E-state index contributed by atoms with van der Waals surface area (Å²) in [5.74, 6) is -1.30. The number of aromatic nitrogens is 2. The molecule has 0 radical (unpaired) electrons. The summed E-state index contributed by atoms with van der Waals surface area (Å²) >= 11 is 0. The molecule has 2 aromatic rings. The number of piperidine rings is 1. The Balaban J connectivity index is 1.67. The van der Waals surface area contributed by atoms with Crippen LogP contribution >= 0.6 is 0 Å². The molecule has 2 atom stereocenters. The van der Waals surface area contributed by atoms with Crippen molar-refractivity contribution >= 4 is 11.9 Å². The molecule has 1 aromatic heterocycles. The van der Waals surface area contributed by atoms with Gasteiger partial charge in [-0.3, -0.25) is 9.59 Å². The van der Waals surface area contributed by atoms with Crippen molar-refractivity contribution < 1.29 is 14.7 Å². The predicted molar refractivity (Wildman–Crippen MR) is 92.7 cm³/mol. The monoisotopic (exact) mass is 339 g/mol. The molecule has 25 heavy (non-hydrogen) atoms. The van der Waals surface area contributed by atoms with Gasteiger partial charge < -0.3 is 10.0 Å². The second kappa shape index (κ2) is 7.42. The van der Waals surface area contributed by atoms with Gasteiger partial charge in [-0.05, 0) is 31.4 Å². The van der Waals surface area contributed by atoms with Crippen LogP contribution < -0.4 is 0 Å². The summed E-state index contributed by atoms with van der Waals surface area (Å²) in [6, 6.07) is 9.62. The zero-order chi connectivity index (χ0) is 17.8. The maximum Gasteiger partial charge on any atom is 0.308 e. The normalized spacial score (nSPS) is 20.3. The maximum atomic E-state index is 12.6. The van der Waals surface area contributed by atoms with Crippen molar-refractivity contribution in [3.8, 4) is 11.3 Å². The highest BCUT2D eigenvalue weighted by atomic mass is 16.4. The van der Waals surface area contributed by atoms with Gasteiger partial charge in [-0.2, -0.15) is 0 Å². The number of likely N-dealkylation sites (tertiary alicyclic amines) is 1. The molecule has 0 aliphatic carbocycles. The first-order valence-electron chi connectivity index (χ1n) is 8.42. The van der Waals surface area contributed by atoms with E-state index in [1.807, 2.05) is 37.3 Å². The van der Waals surface area contributed by atoms with Gasteiger partial charge in [-0.25, -0.2) is 9.97 Å². The molecule has 1 aliphatic heterocycles. The molecule has 0 unspecified atom stereocenters. The Labute approximate surface area is 146 Å². The van der Waals surface area contributed by atoms with E-state index < -0.39 is 11.9 Å². The molecule has 1 aromatic carbocycles. The van der Waals surface area contributed by atoms with Crippen molar-refractivity contribution in [3.63, 3.8) is 0 Å². The lowest BCUT2D eigenvalue weighted by molar-refractivity contribution is -0.146. The Morgan fingerprint density at radius 3 is 2.60 bits per heavy atom. The largest absolute Gasteiger partial charge is 0.481 e. The minimum absolute atomic E-state index is 0.0202. The smallest absolute Gasteiger partial charge is 0.308 e. The first kappa shape index (κ1) is 17.1. The minimum atomic E-state index is -0.820. The molecule has 130 valence electrons. The molecule has 6 nitrogen and oxygen atoms in total. The van der Waals surface area contributed by atoms with Crippen LogP contribution in [0.4, 0.5) is 0 Å². The van der Waals surface area contributed by atoms with Crippen molar-refractivity contribution in [3.05, 3.63) is 48.4 Å². The molecule has 6 heteroatoms. The Bertz CT molecular complexity index is 746. The van der Waals surface area contributed by atoms with E-state index in [1.165, 1.54) is 6.33 Å². The van der Waals surface area contributed by atoms with Crippen LogP contribution in [0.5, 0.6) is 0 Å². The maximum absolute atomic E-state index is 12.6. The van der Waals surface area contributed by atoms with Crippen LogP contribution in [0.15, 0.2) is 42.9 Å². The lowest BCUT2D eigenvalue weighted by Gasteiger charge is -2.36. The predicted octanol–water partition coefficient (Wildman–Crippen LogP) is 2.40. The van der Waals surface area contributed by atoms with E-state index >= 15 is 0 Å². The summed E-state index contributed by atoms with van der Waals surface area (Å²) < 4.78 is 0. The van der Waals surface area contributed by atoms with E-state index in [4.69, 9.17) is 0 Å². The summed E-state index contributed by atoms with van der Waals surface area (Å²) in [5.41, 5.74) is 2.71. The summed E-state index contributed by atoms with van der Waals surface area (Å²) in [4.78, 5) is 33.6. The highest BCUT2D eigenvalue weighted by Crippen LogP contribution is 2.23. The number of carbonyl (C=O) groups excluding carboxylic acids is 1. The molecular formula is C19H21N3O3. The van der Waals surface area contributed by atoms with Gasteiger partial charge in [-0.15, -0.1) is 0 Å². The molecule has 3 rings (SSSR count). The summed E-state index contributed by atoms with van der Waals surface area (Å²) in [6.45, 7) is 2.28. The zero-order valence-electron chi connectivity index (χ0n) is 14.1. The number of hydrogen-bond donors (Lipinski definition) is 1. The van der Waals surface area contributed by atoms with Crippen LogP contribution in [0.1, 0.15) is 25.3 Å². The molecule has 1 saturated heterocycles. The van der Waals surface area contributed by atoms with E-state index in [1.54, 1.807) is 11.1 Å². The number of carboxylic acid groups (broad SMARTS) is 1. The average molecular weight is 339 g/mol. The molecule has 0 bridgehead atoms. The van der Waals surface area contributed by atoms with Crippen LogP contribution in [0.25, 0.3) is 11.3 Å². The molecule has 0 saturated carbocycles. The van der Waals surface area contributed by atoms with E-state index in [-0.39, 0.29) is 18.4 Å². The average Bonchev–Trinajstić information content (AvgIpc) is 2.63. The molecule has 1 amide bonds. The Kier molecular flexibility index (Phi) is 5.07. The lowest BCUT2D eigenvalue weighted by Crippen LogP contribution is -2.47. The number of rotatable bonds is 4. The molecular weight excluding hydrogens is 318 g/mol. The molecule has 1 N–H and O–H groups in total. The number of nitrogens with zero attached hydrogens (tertiary/aromatic N) is 3. The van der Waals surface area contributed by atoms with Gasteiger partial charge in [0.25, 0.3) is 0 Å². The van der Waals surface area contributed by atoms with Gasteiger partial charge in [-0.1, -0.05) is 24.3 Å². The number of amides is 1. The van der Waals surface area contributed by atoms with Gasteiger partial charge in [0.15, 0.2) is 0 Å². The Morgan fingerprint density at radius 2 is 1.96 bits per heavy atom. The van der Waals surface area contributed by atoms with Crippen molar-refractivity contribution in [2.45, 2.75) is 32.2 Å². The van der Waals surface area contributed by atoms with Crippen LogP contribution in [-0.2, 0) is 16.0 Å². The number of benzene rings is 1. The molecule has 1 aliphatic rings. The van der Waals surface area contributed by atoms with E-state index in [0.29, 0.717) is 13.0 Å². The summed E-state index contributed by atoms with van der Waals surface area (Å²) in [6.07, 6.45) is 4.84. The number of aliphatic carboxylic acids is 1. The van der Waals surface area contributed by atoms with Crippen molar-refractivity contribution in [1.82, 2.24) is 14.9 Å².